The largest absolute Gasteiger partial charge is 0.347 e. The molecule has 1 saturated carbocycles. The highest BCUT2D eigenvalue weighted by Crippen LogP contribution is 2.42. The van der Waals surface area contributed by atoms with Crippen LogP contribution in [0.2, 0.25) is 5.02 Å². The first-order chi connectivity index (χ1) is 16.1. The van der Waals surface area contributed by atoms with Gasteiger partial charge >= 0.3 is 0 Å². The second-order valence-corrected chi connectivity index (χ2v) is 9.70. The predicted molar refractivity (Wildman–Crippen MR) is 123 cm³/mol. The van der Waals surface area contributed by atoms with Crippen LogP contribution in [0.1, 0.15) is 43.0 Å². The van der Waals surface area contributed by atoms with Crippen molar-refractivity contribution in [2.24, 2.45) is 0 Å². The molecule has 3 fully saturated rings. The van der Waals surface area contributed by atoms with Gasteiger partial charge < -0.3 is 20.5 Å². The van der Waals surface area contributed by atoms with Crippen LogP contribution >= 0.6 is 11.6 Å². The maximum absolute atomic E-state index is 14.3. The van der Waals surface area contributed by atoms with E-state index in [0.29, 0.717) is 41.8 Å². The molecule has 1 aromatic carbocycles. The van der Waals surface area contributed by atoms with E-state index in [-0.39, 0.29) is 10.5 Å². The number of nitrogens with zero attached hydrogens (tertiary/aromatic N) is 6. The van der Waals surface area contributed by atoms with Crippen molar-refractivity contribution in [2.45, 2.75) is 50.2 Å². The Morgan fingerprint density at radius 1 is 1.09 bits per heavy atom. The number of hydrogen-bond acceptors (Lipinski definition) is 7. The van der Waals surface area contributed by atoms with Crippen LogP contribution in [0.15, 0.2) is 18.3 Å². The molecule has 5 heterocycles. The van der Waals surface area contributed by atoms with Crippen LogP contribution in [0.4, 0.5) is 16.3 Å². The van der Waals surface area contributed by atoms with Crippen LogP contribution in [-0.2, 0) is 6.54 Å². The molecule has 0 radical (unpaired) electrons. The van der Waals surface area contributed by atoms with Crippen molar-refractivity contribution in [3.8, 4) is 0 Å². The van der Waals surface area contributed by atoms with Crippen LogP contribution in [0, 0.1) is 5.82 Å². The molecule has 1 aliphatic carbocycles. The Labute approximate surface area is 193 Å². The SMILES string of the molecule is Fc1c(Cl)ccc2[nH]c(CNc3nc(N4CC5CCC(C4)N5)nc4c(C5CC5)cnn34)nc12. The maximum atomic E-state index is 14.3. The van der Waals surface area contributed by atoms with Gasteiger partial charge in [0.05, 0.1) is 23.3 Å². The van der Waals surface area contributed by atoms with E-state index in [2.05, 4.69) is 30.6 Å². The third-order valence-corrected chi connectivity index (χ3v) is 7.20. The van der Waals surface area contributed by atoms with Gasteiger partial charge in [0, 0.05) is 30.7 Å². The van der Waals surface area contributed by atoms with Crippen molar-refractivity contribution in [3.63, 3.8) is 0 Å². The zero-order valence-electron chi connectivity index (χ0n) is 17.9. The number of rotatable bonds is 5. The van der Waals surface area contributed by atoms with Crippen LogP contribution in [-0.4, -0.2) is 54.7 Å². The van der Waals surface area contributed by atoms with E-state index >= 15 is 0 Å². The van der Waals surface area contributed by atoms with Gasteiger partial charge in [-0.25, -0.2) is 9.37 Å². The smallest absolute Gasteiger partial charge is 0.230 e. The fourth-order valence-corrected chi connectivity index (χ4v) is 5.25. The molecule has 2 unspecified atom stereocenters. The molecule has 2 atom stereocenters. The molecular weight excluding hydrogens is 445 g/mol. The number of fused-ring (bicyclic) bond motifs is 4. The van der Waals surface area contributed by atoms with Gasteiger partial charge in [-0.05, 0) is 43.7 Å². The molecule has 0 amide bonds. The van der Waals surface area contributed by atoms with Crippen molar-refractivity contribution in [3.05, 3.63) is 40.6 Å². The van der Waals surface area contributed by atoms with E-state index < -0.39 is 5.82 Å². The number of halogens is 2. The first-order valence-electron chi connectivity index (χ1n) is 11.5. The lowest BCUT2D eigenvalue weighted by atomic mass is 10.2. The van der Waals surface area contributed by atoms with Gasteiger partial charge in [-0.2, -0.15) is 19.6 Å². The summed E-state index contributed by atoms with van der Waals surface area (Å²) in [6.07, 6.45) is 6.65. The molecule has 0 spiro atoms. The molecule has 3 aromatic heterocycles. The Hall–Kier alpha value is -2.98. The summed E-state index contributed by atoms with van der Waals surface area (Å²) < 4.78 is 16.1. The molecule has 9 nitrogen and oxygen atoms in total. The first kappa shape index (κ1) is 19.5. The van der Waals surface area contributed by atoms with Gasteiger partial charge in [-0.3, -0.25) is 0 Å². The summed E-state index contributed by atoms with van der Waals surface area (Å²) in [5.41, 5.74) is 2.88. The number of benzene rings is 1. The molecule has 33 heavy (non-hydrogen) atoms. The number of aromatic nitrogens is 6. The highest BCUT2D eigenvalue weighted by atomic mass is 35.5. The van der Waals surface area contributed by atoms with E-state index in [1.165, 1.54) is 37.3 Å². The third kappa shape index (κ3) is 3.31. The van der Waals surface area contributed by atoms with Crippen molar-refractivity contribution >= 4 is 40.2 Å². The number of hydrogen-bond donors (Lipinski definition) is 3. The molecule has 3 N–H and O–H groups in total. The molecule has 2 bridgehead atoms. The maximum Gasteiger partial charge on any atom is 0.230 e. The van der Waals surface area contributed by atoms with Gasteiger partial charge in [-0.1, -0.05) is 11.6 Å². The number of nitrogens with one attached hydrogen (secondary N) is 3. The number of anilines is 2. The van der Waals surface area contributed by atoms with Crippen molar-refractivity contribution in [1.29, 1.82) is 0 Å². The van der Waals surface area contributed by atoms with Gasteiger partial charge in [0.2, 0.25) is 11.9 Å². The Balaban J connectivity index is 1.24. The van der Waals surface area contributed by atoms with E-state index in [4.69, 9.17) is 21.6 Å². The molecule has 7 rings (SSSR count). The monoisotopic (exact) mass is 467 g/mol. The minimum absolute atomic E-state index is 0.0600. The fraction of sp³-hybridized carbons (Fsp3) is 0.455. The molecule has 170 valence electrons. The van der Waals surface area contributed by atoms with Gasteiger partial charge in [-0.15, -0.1) is 0 Å². The Morgan fingerprint density at radius 3 is 2.70 bits per heavy atom. The van der Waals surface area contributed by atoms with Crippen LogP contribution in [0.25, 0.3) is 16.7 Å². The topological polar surface area (TPSA) is 99.1 Å². The van der Waals surface area contributed by atoms with Crippen LogP contribution in [0.3, 0.4) is 0 Å². The zero-order valence-corrected chi connectivity index (χ0v) is 18.6. The molecule has 2 aliphatic heterocycles. The molecule has 3 aliphatic rings. The number of piperazine rings is 1. The minimum Gasteiger partial charge on any atom is -0.347 e. The number of H-pyrrole nitrogens is 1. The summed E-state index contributed by atoms with van der Waals surface area (Å²) >= 11 is 5.90. The average Bonchev–Trinajstić information content (AvgIpc) is 3.28. The summed E-state index contributed by atoms with van der Waals surface area (Å²) in [6, 6.07) is 4.24. The first-order valence-corrected chi connectivity index (χ1v) is 11.8. The summed E-state index contributed by atoms with van der Waals surface area (Å²) in [5, 5.41) is 11.6. The zero-order chi connectivity index (χ0) is 22.1. The Morgan fingerprint density at radius 2 is 1.91 bits per heavy atom. The van der Waals surface area contributed by atoms with E-state index in [0.717, 1.165) is 24.7 Å². The fourth-order valence-electron chi connectivity index (χ4n) is 5.10. The lowest BCUT2D eigenvalue weighted by Crippen LogP contribution is -2.51. The van der Waals surface area contributed by atoms with E-state index in [1.54, 1.807) is 10.6 Å². The lowest BCUT2D eigenvalue weighted by Gasteiger charge is -2.33. The van der Waals surface area contributed by atoms with Crippen LogP contribution in [0.5, 0.6) is 0 Å². The quantitative estimate of drug-likeness (QED) is 0.414. The van der Waals surface area contributed by atoms with Crippen LogP contribution < -0.4 is 15.5 Å². The summed E-state index contributed by atoms with van der Waals surface area (Å²) in [4.78, 5) is 19.6. The molecule has 2 saturated heterocycles. The third-order valence-electron chi connectivity index (χ3n) is 6.91. The summed E-state index contributed by atoms with van der Waals surface area (Å²) in [7, 11) is 0. The standard InChI is InChI=1S/C22H23ClFN9/c23-15-5-6-16-19(18(15)24)29-17(28-16)8-25-21-31-22(32-9-12-3-4-13(10-32)27-12)30-20-14(11-1-2-11)7-26-33(20)21/h5-7,11-13,27H,1-4,8-10H2,(H,28,29)(H,25,30,31). The van der Waals surface area contributed by atoms with Gasteiger partial charge in [0.15, 0.2) is 11.5 Å². The predicted octanol–water partition coefficient (Wildman–Crippen LogP) is 3.22. The Bertz CT molecular complexity index is 1370. The second-order valence-electron chi connectivity index (χ2n) is 9.29. The molecule has 4 aromatic rings. The summed E-state index contributed by atoms with van der Waals surface area (Å²) in [6.45, 7) is 2.15. The highest BCUT2D eigenvalue weighted by molar-refractivity contribution is 6.31. The second kappa shape index (κ2) is 7.26. The number of imidazole rings is 1. The Kier molecular flexibility index (Phi) is 4.29. The normalized spacial score (nSPS) is 22.5. The van der Waals surface area contributed by atoms with Crippen molar-refractivity contribution in [1.82, 2.24) is 34.9 Å². The van der Waals surface area contributed by atoms with Crippen molar-refractivity contribution < 1.29 is 4.39 Å². The minimum atomic E-state index is -0.516. The van der Waals surface area contributed by atoms with Gasteiger partial charge in [0.1, 0.15) is 11.3 Å². The van der Waals surface area contributed by atoms with Crippen molar-refractivity contribution in [2.75, 3.05) is 23.3 Å². The summed E-state index contributed by atoms with van der Waals surface area (Å²) in [5.74, 6) is 1.94. The number of aromatic amines is 1. The van der Waals surface area contributed by atoms with E-state index in [1.807, 2.05) is 6.20 Å². The van der Waals surface area contributed by atoms with Gasteiger partial charge in [0.25, 0.3) is 0 Å². The average molecular weight is 468 g/mol. The highest BCUT2D eigenvalue weighted by Gasteiger charge is 2.34. The van der Waals surface area contributed by atoms with E-state index in [9.17, 15) is 4.39 Å². The molecular formula is C22H23ClFN9. The lowest BCUT2D eigenvalue weighted by molar-refractivity contribution is 0.460. The molecule has 11 heteroatoms.